The highest BCUT2D eigenvalue weighted by atomic mass is 15.2. The van der Waals surface area contributed by atoms with Gasteiger partial charge in [-0.1, -0.05) is 44.2 Å². The first-order chi connectivity index (χ1) is 11.7. The Kier molecular flexibility index (Phi) is 7.26. The van der Waals surface area contributed by atoms with E-state index in [2.05, 4.69) is 80.4 Å². The summed E-state index contributed by atoms with van der Waals surface area (Å²) >= 11 is 0. The number of hydrogen-bond donors (Lipinski definition) is 1. The fourth-order valence-electron chi connectivity index (χ4n) is 2.90. The smallest absolute Gasteiger partial charge is 0.0574 e. The summed E-state index contributed by atoms with van der Waals surface area (Å²) in [5.41, 5.74) is 3.65. The largest absolute Gasteiger partial charge is 0.364 e. The minimum atomic E-state index is 0.348. The summed E-state index contributed by atoms with van der Waals surface area (Å²) in [7, 11) is 0. The Labute approximate surface area is 147 Å². The molecule has 1 atom stereocenters. The van der Waals surface area contributed by atoms with E-state index in [4.69, 9.17) is 4.98 Å². The van der Waals surface area contributed by atoms with Crippen LogP contribution >= 0.6 is 0 Å². The van der Waals surface area contributed by atoms with E-state index in [9.17, 15) is 0 Å². The molecule has 130 valence electrons. The minimum Gasteiger partial charge on any atom is -0.364 e. The molecule has 0 aliphatic rings. The van der Waals surface area contributed by atoms with Gasteiger partial charge in [-0.3, -0.25) is 4.98 Å². The lowest BCUT2D eigenvalue weighted by Crippen LogP contribution is -2.30. The number of hydrogen-bond acceptors (Lipinski definition) is 3. The summed E-state index contributed by atoms with van der Waals surface area (Å²) in [6.45, 7) is 10.8. The van der Waals surface area contributed by atoms with Gasteiger partial charge >= 0.3 is 0 Å². The van der Waals surface area contributed by atoms with Crippen LogP contribution in [0.15, 0.2) is 48.7 Å². The molecular weight excluding hydrogens is 294 g/mol. The number of anilines is 1. The maximum Gasteiger partial charge on any atom is 0.0574 e. The van der Waals surface area contributed by atoms with E-state index in [0.717, 1.165) is 31.6 Å². The van der Waals surface area contributed by atoms with Crippen molar-refractivity contribution in [2.24, 2.45) is 0 Å². The minimum absolute atomic E-state index is 0.348. The van der Waals surface area contributed by atoms with Crippen molar-refractivity contribution in [1.29, 1.82) is 0 Å². The predicted molar refractivity (Wildman–Crippen MR) is 103 cm³/mol. The molecule has 0 aliphatic carbocycles. The zero-order valence-corrected chi connectivity index (χ0v) is 15.5. The molecule has 3 heteroatoms. The second-order valence-electron chi connectivity index (χ2n) is 6.56. The Balaban J connectivity index is 2.13. The number of nitrogens with one attached hydrogen (secondary N) is 1. The third kappa shape index (κ3) is 5.07. The monoisotopic (exact) mass is 325 g/mol. The summed E-state index contributed by atoms with van der Waals surface area (Å²) in [5, 5.41) is 3.57. The lowest BCUT2D eigenvalue weighted by Gasteiger charge is -2.29. The maximum atomic E-state index is 4.74. The highest BCUT2D eigenvalue weighted by Crippen LogP contribution is 2.22. The lowest BCUT2D eigenvalue weighted by atomic mass is 10.1. The van der Waals surface area contributed by atoms with Crippen LogP contribution in [0.5, 0.6) is 0 Å². The van der Waals surface area contributed by atoms with Crippen LogP contribution in [0, 0.1) is 0 Å². The standard InChI is InChI=1S/C21H31N3/c1-5-14-22-20(6-2)21-13-12-19(15-23-21)24(17(3)4)16-18-10-8-7-9-11-18/h7-13,15,17,20,22H,5-6,14,16H2,1-4H3. The molecule has 0 saturated heterocycles. The predicted octanol–water partition coefficient (Wildman–Crippen LogP) is 4.95. The summed E-state index contributed by atoms with van der Waals surface area (Å²) in [6.07, 6.45) is 4.23. The Morgan fingerprint density at radius 1 is 1.04 bits per heavy atom. The third-order valence-electron chi connectivity index (χ3n) is 4.33. The van der Waals surface area contributed by atoms with Gasteiger partial charge in [0, 0.05) is 18.6 Å². The van der Waals surface area contributed by atoms with E-state index in [-0.39, 0.29) is 0 Å². The first kappa shape index (κ1) is 18.5. The van der Waals surface area contributed by atoms with Crippen LogP contribution in [-0.4, -0.2) is 17.6 Å². The van der Waals surface area contributed by atoms with E-state index in [1.165, 1.54) is 11.3 Å². The van der Waals surface area contributed by atoms with Gasteiger partial charge in [-0.2, -0.15) is 0 Å². The Hall–Kier alpha value is -1.87. The van der Waals surface area contributed by atoms with Crippen molar-refractivity contribution >= 4 is 5.69 Å². The number of aromatic nitrogens is 1. The molecule has 1 unspecified atom stereocenters. The van der Waals surface area contributed by atoms with E-state index in [1.807, 2.05) is 6.20 Å². The second-order valence-corrected chi connectivity index (χ2v) is 6.56. The second kappa shape index (κ2) is 9.43. The molecule has 0 saturated carbocycles. The van der Waals surface area contributed by atoms with Crippen molar-refractivity contribution in [2.45, 2.75) is 59.2 Å². The zero-order valence-electron chi connectivity index (χ0n) is 15.5. The SMILES string of the molecule is CCCNC(CC)c1ccc(N(Cc2ccccc2)C(C)C)cn1. The summed E-state index contributed by atoms with van der Waals surface area (Å²) in [5.74, 6) is 0. The summed E-state index contributed by atoms with van der Waals surface area (Å²) in [4.78, 5) is 7.14. The summed E-state index contributed by atoms with van der Waals surface area (Å²) in [6, 6.07) is 15.8. The first-order valence-corrected chi connectivity index (χ1v) is 9.15. The molecule has 0 amide bonds. The molecule has 24 heavy (non-hydrogen) atoms. The first-order valence-electron chi connectivity index (χ1n) is 9.15. The molecule has 2 rings (SSSR count). The van der Waals surface area contributed by atoms with Crippen molar-refractivity contribution in [1.82, 2.24) is 10.3 Å². The number of nitrogens with zero attached hydrogens (tertiary/aromatic N) is 2. The lowest BCUT2D eigenvalue weighted by molar-refractivity contribution is 0.507. The summed E-state index contributed by atoms with van der Waals surface area (Å²) < 4.78 is 0. The van der Waals surface area contributed by atoms with Gasteiger partial charge in [0.15, 0.2) is 0 Å². The Morgan fingerprint density at radius 2 is 1.79 bits per heavy atom. The molecule has 0 fully saturated rings. The van der Waals surface area contributed by atoms with Crippen LogP contribution in [0.3, 0.4) is 0 Å². The van der Waals surface area contributed by atoms with Gasteiger partial charge < -0.3 is 10.2 Å². The molecule has 1 aromatic heterocycles. The van der Waals surface area contributed by atoms with Crippen molar-refractivity contribution < 1.29 is 0 Å². The fraction of sp³-hybridized carbons (Fsp3) is 0.476. The van der Waals surface area contributed by atoms with Gasteiger partial charge in [-0.05, 0) is 50.9 Å². The number of rotatable bonds is 9. The molecule has 1 heterocycles. The third-order valence-corrected chi connectivity index (χ3v) is 4.33. The van der Waals surface area contributed by atoms with E-state index >= 15 is 0 Å². The highest BCUT2D eigenvalue weighted by Gasteiger charge is 2.14. The van der Waals surface area contributed by atoms with Gasteiger partial charge in [-0.15, -0.1) is 0 Å². The average molecular weight is 326 g/mol. The fourth-order valence-corrected chi connectivity index (χ4v) is 2.90. The van der Waals surface area contributed by atoms with E-state index in [0.29, 0.717) is 12.1 Å². The van der Waals surface area contributed by atoms with E-state index < -0.39 is 0 Å². The van der Waals surface area contributed by atoms with Crippen LogP contribution in [-0.2, 0) is 6.54 Å². The molecule has 2 aromatic rings. The molecule has 3 nitrogen and oxygen atoms in total. The van der Waals surface area contributed by atoms with Gasteiger partial charge in [0.2, 0.25) is 0 Å². The topological polar surface area (TPSA) is 28.2 Å². The molecule has 0 spiro atoms. The van der Waals surface area contributed by atoms with Gasteiger partial charge in [0.1, 0.15) is 0 Å². The molecule has 0 radical (unpaired) electrons. The quantitative estimate of drug-likeness (QED) is 0.707. The van der Waals surface area contributed by atoms with Crippen LogP contribution in [0.1, 0.15) is 57.8 Å². The van der Waals surface area contributed by atoms with Gasteiger partial charge in [0.25, 0.3) is 0 Å². The molecule has 0 bridgehead atoms. The zero-order chi connectivity index (χ0) is 17.4. The van der Waals surface area contributed by atoms with Crippen molar-refractivity contribution in [3.8, 4) is 0 Å². The maximum absolute atomic E-state index is 4.74. The highest BCUT2D eigenvalue weighted by molar-refractivity contribution is 5.46. The van der Waals surface area contributed by atoms with Crippen molar-refractivity contribution in [3.63, 3.8) is 0 Å². The van der Waals surface area contributed by atoms with Crippen LogP contribution in [0.2, 0.25) is 0 Å². The molecule has 1 aromatic carbocycles. The average Bonchev–Trinajstić information content (AvgIpc) is 2.61. The normalized spacial score (nSPS) is 12.4. The van der Waals surface area contributed by atoms with Gasteiger partial charge in [-0.25, -0.2) is 0 Å². The molecular formula is C21H31N3. The molecule has 1 N–H and O–H groups in total. The van der Waals surface area contributed by atoms with Crippen LogP contribution in [0.4, 0.5) is 5.69 Å². The van der Waals surface area contributed by atoms with Crippen LogP contribution < -0.4 is 10.2 Å². The van der Waals surface area contributed by atoms with Crippen molar-refractivity contribution in [2.75, 3.05) is 11.4 Å². The van der Waals surface area contributed by atoms with Crippen LogP contribution in [0.25, 0.3) is 0 Å². The number of pyridine rings is 1. The van der Waals surface area contributed by atoms with Gasteiger partial charge in [0.05, 0.1) is 17.6 Å². The van der Waals surface area contributed by atoms with E-state index in [1.54, 1.807) is 0 Å². The molecule has 0 aliphatic heterocycles. The Morgan fingerprint density at radius 3 is 2.33 bits per heavy atom. The van der Waals surface area contributed by atoms with Crippen molar-refractivity contribution in [3.05, 3.63) is 59.9 Å². The number of benzene rings is 1. The Bertz CT molecular complexity index is 578.